The van der Waals surface area contributed by atoms with Crippen LogP contribution in [-0.2, 0) is 9.53 Å². The number of hydrogen-bond acceptors (Lipinski definition) is 6. The highest BCUT2D eigenvalue weighted by Crippen LogP contribution is 2.35. The number of nitrogens with two attached hydrogens (primary N) is 1. The topological polar surface area (TPSA) is 90.7 Å². The minimum absolute atomic E-state index is 0.0935. The Balaban J connectivity index is 1.53. The third kappa shape index (κ3) is 5.41. The maximum Gasteiger partial charge on any atom is 0.338 e. The molecule has 1 aliphatic carbocycles. The number of rotatable bonds is 6. The van der Waals surface area contributed by atoms with E-state index in [1.165, 1.54) is 5.56 Å². The monoisotopic (exact) mass is 408 g/mol. The summed E-state index contributed by atoms with van der Waals surface area (Å²) in [6, 6.07) is 12.7. The van der Waals surface area contributed by atoms with Crippen LogP contribution in [0.15, 0.2) is 54.6 Å². The number of carbonyl (C=O) groups is 2. The number of carbonyl (C=O) groups excluding carboxylic acids is 2. The maximum absolute atomic E-state index is 12.5. The molecule has 1 saturated carbocycles. The van der Waals surface area contributed by atoms with Crippen molar-refractivity contribution < 1.29 is 19.1 Å². The van der Waals surface area contributed by atoms with Crippen molar-refractivity contribution in [3.8, 4) is 5.75 Å². The molecule has 0 aromatic heterocycles. The third-order valence-corrected chi connectivity index (χ3v) is 5.34. The Labute approximate surface area is 177 Å². The van der Waals surface area contributed by atoms with E-state index in [0.717, 1.165) is 31.4 Å². The van der Waals surface area contributed by atoms with Gasteiger partial charge in [0.15, 0.2) is 0 Å². The van der Waals surface area contributed by atoms with Crippen LogP contribution in [0.25, 0.3) is 0 Å². The molecule has 2 aromatic rings. The van der Waals surface area contributed by atoms with E-state index in [2.05, 4.69) is 11.9 Å². The second-order valence-electron chi connectivity index (χ2n) is 7.71. The van der Waals surface area contributed by atoms with Gasteiger partial charge in [-0.3, -0.25) is 0 Å². The Kier molecular flexibility index (Phi) is 6.77. The zero-order chi connectivity index (χ0) is 21.7. The van der Waals surface area contributed by atoms with Crippen LogP contribution in [0, 0.1) is 0 Å². The highest BCUT2D eigenvalue weighted by Gasteiger charge is 2.25. The van der Waals surface area contributed by atoms with E-state index in [0.29, 0.717) is 28.5 Å². The van der Waals surface area contributed by atoms with Crippen LogP contribution in [-0.4, -0.2) is 25.1 Å². The van der Waals surface area contributed by atoms with Crippen LogP contribution in [0.2, 0.25) is 0 Å². The lowest BCUT2D eigenvalue weighted by atomic mass is 9.83. The fraction of sp³-hybridized carbons (Fsp3) is 0.333. The molecule has 3 rings (SSSR count). The molecule has 6 heteroatoms. The summed E-state index contributed by atoms with van der Waals surface area (Å²) in [7, 11) is 1.78. The molecule has 0 saturated heterocycles. The summed E-state index contributed by atoms with van der Waals surface area (Å²) in [5, 5.41) is 2.99. The van der Waals surface area contributed by atoms with Crippen LogP contribution in [0.5, 0.6) is 5.75 Å². The van der Waals surface area contributed by atoms with Gasteiger partial charge in [-0.25, -0.2) is 9.59 Å². The van der Waals surface area contributed by atoms with Crippen molar-refractivity contribution in [2.24, 2.45) is 0 Å². The Hall–Kier alpha value is -3.28. The summed E-state index contributed by atoms with van der Waals surface area (Å²) in [4.78, 5) is 24.1. The van der Waals surface area contributed by atoms with Gasteiger partial charge in [0.2, 0.25) is 0 Å². The first-order valence-corrected chi connectivity index (χ1v) is 10.1. The van der Waals surface area contributed by atoms with Gasteiger partial charge >= 0.3 is 11.9 Å². The molecule has 0 aliphatic heterocycles. The fourth-order valence-corrected chi connectivity index (χ4v) is 3.65. The summed E-state index contributed by atoms with van der Waals surface area (Å²) in [6.07, 6.45) is 3.39. The van der Waals surface area contributed by atoms with Crippen molar-refractivity contribution in [3.63, 3.8) is 0 Å². The fourth-order valence-electron chi connectivity index (χ4n) is 3.65. The second-order valence-corrected chi connectivity index (χ2v) is 7.71. The second kappa shape index (κ2) is 9.48. The highest BCUT2D eigenvalue weighted by atomic mass is 16.5. The number of nitrogens with one attached hydrogen (secondary N) is 1. The van der Waals surface area contributed by atoms with Crippen molar-refractivity contribution in [2.45, 2.75) is 44.6 Å². The van der Waals surface area contributed by atoms with E-state index in [1.54, 1.807) is 44.3 Å². The number of nitrogen functional groups attached to an aromatic ring is 1. The average Bonchev–Trinajstić information content (AvgIpc) is 2.74. The summed E-state index contributed by atoms with van der Waals surface area (Å²) in [6.45, 7) is 5.20. The number of esters is 2. The third-order valence-electron chi connectivity index (χ3n) is 5.34. The number of benzene rings is 2. The SMILES string of the molecule is C=C(C)C(=O)Oc1ccc(C2CCC(OC(=O)c3cc(N)cc(NC)c3)CC2)cc1. The van der Waals surface area contributed by atoms with Crippen LogP contribution in [0.3, 0.4) is 0 Å². The normalized spacial score (nSPS) is 18.3. The molecule has 0 radical (unpaired) electrons. The molecule has 3 N–H and O–H groups in total. The molecule has 158 valence electrons. The first-order chi connectivity index (χ1) is 14.4. The molecule has 0 bridgehead atoms. The molecular weight excluding hydrogens is 380 g/mol. The molecule has 1 aliphatic rings. The molecule has 0 heterocycles. The van der Waals surface area contributed by atoms with Gasteiger partial charge < -0.3 is 20.5 Å². The van der Waals surface area contributed by atoms with E-state index < -0.39 is 5.97 Å². The van der Waals surface area contributed by atoms with Gasteiger partial charge in [-0.2, -0.15) is 0 Å². The minimum Gasteiger partial charge on any atom is -0.459 e. The van der Waals surface area contributed by atoms with Crippen molar-refractivity contribution in [1.29, 1.82) is 0 Å². The predicted octanol–water partition coefficient (Wildman–Crippen LogP) is 4.68. The van der Waals surface area contributed by atoms with Crippen LogP contribution in [0.1, 0.15) is 54.4 Å². The molecule has 1 fully saturated rings. The average molecular weight is 408 g/mol. The van der Waals surface area contributed by atoms with E-state index in [-0.39, 0.29) is 12.1 Å². The summed E-state index contributed by atoms with van der Waals surface area (Å²) < 4.78 is 10.9. The molecule has 2 aromatic carbocycles. The van der Waals surface area contributed by atoms with Gasteiger partial charge in [0.25, 0.3) is 0 Å². The number of anilines is 2. The maximum atomic E-state index is 12.5. The lowest BCUT2D eigenvalue weighted by Crippen LogP contribution is -2.24. The summed E-state index contributed by atoms with van der Waals surface area (Å²) in [5.74, 6) is 0.143. The molecule has 0 unspecified atom stereocenters. The Morgan fingerprint density at radius 2 is 1.73 bits per heavy atom. The van der Waals surface area contributed by atoms with Gasteiger partial charge in [0.1, 0.15) is 11.9 Å². The van der Waals surface area contributed by atoms with Crippen LogP contribution >= 0.6 is 0 Å². The standard InChI is InChI=1S/C24H28N2O4/c1-15(2)23(27)29-21-8-4-16(5-9-21)17-6-10-22(11-7-17)30-24(28)18-12-19(25)14-20(13-18)26-3/h4-5,8-9,12-14,17,22,26H,1,6-7,10-11,25H2,2-3H3. The minimum atomic E-state index is -0.424. The zero-order valence-electron chi connectivity index (χ0n) is 17.4. The predicted molar refractivity (Wildman–Crippen MR) is 118 cm³/mol. The zero-order valence-corrected chi connectivity index (χ0v) is 17.4. The van der Waals surface area contributed by atoms with Crippen LogP contribution in [0.4, 0.5) is 11.4 Å². The largest absolute Gasteiger partial charge is 0.459 e. The first-order valence-electron chi connectivity index (χ1n) is 10.1. The summed E-state index contributed by atoms with van der Waals surface area (Å²) in [5.41, 5.74) is 9.19. The molecule has 6 nitrogen and oxygen atoms in total. The highest BCUT2D eigenvalue weighted by molar-refractivity contribution is 5.92. The molecule has 0 amide bonds. The first kappa shape index (κ1) is 21.4. The Morgan fingerprint density at radius 3 is 2.33 bits per heavy atom. The smallest absolute Gasteiger partial charge is 0.338 e. The van der Waals surface area contributed by atoms with E-state index in [1.807, 2.05) is 12.1 Å². The Morgan fingerprint density at radius 1 is 1.07 bits per heavy atom. The van der Waals surface area contributed by atoms with Crippen molar-refractivity contribution in [3.05, 3.63) is 65.7 Å². The number of hydrogen-bond donors (Lipinski definition) is 2. The van der Waals surface area contributed by atoms with Crippen LogP contribution < -0.4 is 15.8 Å². The van der Waals surface area contributed by atoms with E-state index >= 15 is 0 Å². The van der Waals surface area contributed by atoms with Gasteiger partial charge in [0.05, 0.1) is 5.56 Å². The van der Waals surface area contributed by atoms with Gasteiger partial charge in [-0.05, 0) is 74.4 Å². The van der Waals surface area contributed by atoms with Crippen molar-refractivity contribution in [1.82, 2.24) is 0 Å². The van der Waals surface area contributed by atoms with Crippen molar-refractivity contribution >= 4 is 23.3 Å². The molecule has 30 heavy (non-hydrogen) atoms. The van der Waals surface area contributed by atoms with Gasteiger partial charge in [-0.15, -0.1) is 0 Å². The quantitative estimate of drug-likeness (QED) is 0.312. The summed E-state index contributed by atoms with van der Waals surface area (Å²) >= 11 is 0. The Bertz CT molecular complexity index is 929. The lowest BCUT2D eigenvalue weighted by Gasteiger charge is -2.28. The molecule has 0 atom stereocenters. The number of ether oxygens (including phenoxy) is 2. The van der Waals surface area contributed by atoms with E-state index in [4.69, 9.17) is 15.2 Å². The van der Waals surface area contributed by atoms with E-state index in [9.17, 15) is 9.59 Å². The molecule has 0 spiro atoms. The lowest BCUT2D eigenvalue weighted by molar-refractivity contribution is -0.130. The van der Waals surface area contributed by atoms with Gasteiger partial charge in [0, 0.05) is 24.0 Å². The van der Waals surface area contributed by atoms with Crippen molar-refractivity contribution in [2.75, 3.05) is 18.1 Å². The van der Waals surface area contributed by atoms with Gasteiger partial charge in [-0.1, -0.05) is 18.7 Å². The molecular formula is C24H28N2O4.